The van der Waals surface area contributed by atoms with Gasteiger partial charge in [0.25, 0.3) is 0 Å². The van der Waals surface area contributed by atoms with Crippen LogP contribution in [0.15, 0.2) is 18.2 Å². The summed E-state index contributed by atoms with van der Waals surface area (Å²) < 4.78 is 56.9. The lowest BCUT2D eigenvalue weighted by Gasteiger charge is -2.18. The first-order chi connectivity index (χ1) is 12.1. The van der Waals surface area contributed by atoms with Crippen LogP contribution in [0, 0.1) is 17.7 Å². The lowest BCUT2D eigenvalue weighted by atomic mass is 9.96. The number of hydrogen-bond donors (Lipinski definition) is 2. The number of urea groups is 1. The van der Waals surface area contributed by atoms with Crippen LogP contribution in [0.25, 0.3) is 0 Å². The molecule has 0 bridgehead atoms. The van der Waals surface area contributed by atoms with Crippen LogP contribution in [-0.2, 0) is 4.79 Å². The van der Waals surface area contributed by atoms with Crippen molar-refractivity contribution in [3.05, 3.63) is 29.0 Å². The summed E-state index contributed by atoms with van der Waals surface area (Å²) in [4.78, 5) is 23.7. The highest BCUT2D eigenvalue weighted by atomic mass is 35.5. The normalized spacial score (nSPS) is 20.1. The van der Waals surface area contributed by atoms with Gasteiger partial charge >= 0.3 is 18.2 Å². The Morgan fingerprint density at radius 1 is 1.35 bits per heavy atom. The van der Waals surface area contributed by atoms with Crippen molar-refractivity contribution >= 4 is 23.6 Å². The molecule has 0 radical (unpaired) electrons. The number of carboxylic acids is 1. The van der Waals surface area contributed by atoms with E-state index < -0.39 is 48.9 Å². The van der Waals surface area contributed by atoms with E-state index in [9.17, 15) is 27.2 Å². The van der Waals surface area contributed by atoms with Gasteiger partial charge in [0.2, 0.25) is 0 Å². The minimum atomic E-state index is -4.71. The van der Waals surface area contributed by atoms with Gasteiger partial charge in [-0.25, -0.2) is 9.18 Å². The van der Waals surface area contributed by atoms with Crippen LogP contribution in [0.2, 0.25) is 5.02 Å². The van der Waals surface area contributed by atoms with Gasteiger partial charge in [-0.3, -0.25) is 4.79 Å². The van der Waals surface area contributed by atoms with E-state index in [0.29, 0.717) is 0 Å². The third-order valence-corrected chi connectivity index (χ3v) is 4.17. The zero-order valence-electron chi connectivity index (χ0n) is 13.2. The van der Waals surface area contributed by atoms with Crippen LogP contribution >= 0.6 is 11.6 Å². The van der Waals surface area contributed by atoms with E-state index in [4.69, 9.17) is 21.4 Å². The van der Waals surface area contributed by atoms with Crippen molar-refractivity contribution in [2.75, 3.05) is 26.2 Å². The lowest BCUT2D eigenvalue weighted by molar-refractivity contribution is -0.187. The number of ether oxygens (including phenoxy) is 1. The zero-order valence-corrected chi connectivity index (χ0v) is 14.0. The molecule has 2 N–H and O–H groups in total. The van der Waals surface area contributed by atoms with E-state index >= 15 is 0 Å². The van der Waals surface area contributed by atoms with Crippen molar-refractivity contribution in [3.8, 4) is 5.75 Å². The molecule has 1 saturated heterocycles. The van der Waals surface area contributed by atoms with Gasteiger partial charge in [-0.2, -0.15) is 13.2 Å². The predicted octanol–water partition coefficient (Wildman–Crippen LogP) is 2.76. The number of rotatable bonds is 5. The maximum absolute atomic E-state index is 13.0. The van der Waals surface area contributed by atoms with Crippen LogP contribution in [0.3, 0.4) is 0 Å². The molecule has 2 amide bonds. The van der Waals surface area contributed by atoms with Crippen LogP contribution in [0.1, 0.15) is 0 Å². The molecule has 26 heavy (non-hydrogen) atoms. The number of alkyl halides is 3. The molecule has 0 saturated carbocycles. The largest absolute Gasteiger partial charge is 0.492 e. The number of nitrogens with one attached hydrogen (secondary N) is 1. The number of benzene rings is 1. The number of nitrogens with zero attached hydrogens (tertiary/aromatic N) is 1. The zero-order chi connectivity index (χ0) is 19.5. The Labute approximate surface area is 150 Å². The second-order valence-corrected chi connectivity index (χ2v) is 6.06. The highest BCUT2D eigenvalue weighted by Crippen LogP contribution is 2.37. The summed E-state index contributed by atoms with van der Waals surface area (Å²) in [6, 6.07) is 2.85. The highest BCUT2D eigenvalue weighted by molar-refractivity contribution is 6.30. The molecule has 0 aromatic heterocycles. The number of carboxylic acid groups (broad SMARTS) is 1. The highest BCUT2D eigenvalue weighted by Gasteiger charge is 2.53. The predicted molar refractivity (Wildman–Crippen MR) is 82.5 cm³/mol. The molecule has 1 aromatic rings. The average molecular weight is 399 g/mol. The molecule has 1 aliphatic rings. The molecule has 1 aliphatic heterocycles. The summed E-state index contributed by atoms with van der Waals surface area (Å²) in [5, 5.41) is 11.1. The van der Waals surface area contributed by atoms with Gasteiger partial charge in [0.1, 0.15) is 18.2 Å². The van der Waals surface area contributed by atoms with Crippen LogP contribution < -0.4 is 10.1 Å². The number of carbonyl (C=O) groups is 2. The fourth-order valence-electron chi connectivity index (χ4n) is 2.56. The summed E-state index contributed by atoms with van der Waals surface area (Å²) in [6.45, 7) is -1.33. The fourth-order valence-corrected chi connectivity index (χ4v) is 2.73. The Morgan fingerprint density at radius 3 is 2.58 bits per heavy atom. The summed E-state index contributed by atoms with van der Waals surface area (Å²) >= 11 is 5.58. The SMILES string of the molecule is O=C(O)[C@@H]1CN(C(=O)NCCOc2ccc(F)c(Cl)c2)C[C@H]1C(F)(F)F. The average Bonchev–Trinajstić information content (AvgIpc) is 3.00. The second-order valence-electron chi connectivity index (χ2n) is 5.65. The summed E-state index contributed by atoms with van der Waals surface area (Å²) in [6.07, 6.45) is -4.71. The maximum Gasteiger partial charge on any atom is 0.394 e. The Balaban J connectivity index is 1.82. The minimum absolute atomic E-state index is 0.0351. The quantitative estimate of drug-likeness (QED) is 0.590. The van der Waals surface area contributed by atoms with Gasteiger partial charge in [0.05, 0.1) is 23.4 Å². The first-order valence-corrected chi connectivity index (χ1v) is 7.87. The standard InChI is InChI=1S/C15H15ClF4N2O4/c16-11-5-8(1-2-12(11)17)26-4-3-21-14(25)22-6-9(13(23)24)10(7-22)15(18,19)20/h1-2,5,9-10H,3-4,6-7H2,(H,21,25)(H,23,24)/t9-,10-/m1/s1. The van der Waals surface area contributed by atoms with Crippen molar-refractivity contribution < 1.29 is 37.0 Å². The second kappa shape index (κ2) is 7.98. The smallest absolute Gasteiger partial charge is 0.394 e. The first kappa shape index (κ1) is 20.1. The van der Waals surface area contributed by atoms with Crippen molar-refractivity contribution in [1.82, 2.24) is 10.2 Å². The molecule has 144 valence electrons. The number of halogens is 5. The number of carbonyl (C=O) groups excluding carboxylic acids is 1. The van der Waals surface area contributed by atoms with Gasteiger partial charge in [-0.1, -0.05) is 11.6 Å². The topological polar surface area (TPSA) is 78.9 Å². The Kier molecular flexibility index (Phi) is 6.17. The van der Waals surface area contributed by atoms with E-state index in [-0.39, 0.29) is 23.9 Å². The Morgan fingerprint density at radius 2 is 2.04 bits per heavy atom. The van der Waals surface area contributed by atoms with Crippen LogP contribution in [-0.4, -0.2) is 54.4 Å². The van der Waals surface area contributed by atoms with E-state index in [1.807, 2.05) is 0 Å². The number of hydrogen-bond acceptors (Lipinski definition) is 3. The molecule has 2 atom stereocenters. The van der Waals surface area contributed by atoms with Crippen molar-refractivity contribution in [1.29, 1.82) is 0 Å². The van der Waals surface area contributed by atoms with Gasteiger partial charge in [0, 0.05) is 19.2 Å². The first-order valence-electron chi connectivity index (χ1n) is 7.49. The van der Waals surface area contributed by atoms with Gasteiger partial charge in [-0.15, -0.1) is 0 Å². The third-order valence-electron chi connectivity index (χ3n) is 3.88. The number of likely N-dealkylation sites (tertiary alicyclic amines) is 1. The van der Waals surface area contributed by atoms with Crippen molar-refractivity contribution in [2.24, 2.45) is 11.8 Å². The van der Waals surface area contributed by atoms with E-state index in [1.54, 1.807) is 0 Å². The fraction of sp³-hybridized carbons (Fsp3) is 0.467. The van der Waals surface area contributed by atoms with E-state index in [1.165, 1.54) is 12.1 Å². The van der Waals surface area contributed by atoms with E-state index in [2.05, 4.69) is 5.32 Å². The molecule has 1 fully saturated rings. The number of aliphatic carboxylic acids is 1. The van der Waals surface area contributed by atoms with Gasteiger partial charge in [0.15, 0.2) is 0 Å². The molecule has 1 heterocycles. The van der Waals surface area contributed by atoms with Gasteiger partial charge in [-0.05, 0) is 12.1 Å². The van der Waals surface area contributed by atoms with Crippen LogP contribution in [0.4, 0.5) is 22.4 Å². The monoisotopic (exact) mass is 398 g/mol. The minimum Gasteiger partial charge on any atom is -0.492 e. The molecule has 11 heteroatoms. The molecular weight excluding hydrogens is 384 g/mol. The molecule has 1 aromatic carbocycles. The summed E-state index contributed by atoms with van der Waals surface area (Å²) in [7, 11) is 0. The molecule has 2 rings (SSSR count). The van der Waals surface area contributed by atoms with Crippen molar-refractivity contribution in [3.63, 3.8) is 0 Å². The third kappa shape index (κ3) is 4.90. The lowest BCUT2D eigenvalue weighted by Crippen LogP contribution is -2.41. The molecule has 0 spiro atoms. The van der Waals surface area contributed by atoms with Crippen LogP contribution in [0.5, 0.6) is 5.75 Å². The molecular formula is C15H15ClF4N2O4. The van der Waals surface area contributed by atoms with E-state index in [0.717, 1.165) is 11.0 Å². The number of amides is 2. The van der Waals surface area contributed by atoms with Gasteiger partial charge < -0.3 is 20.1 Å². The Hall–Kier alpha value is -2.23. The Bertz CT molecular complexity index is 686. The summed E-state index contributed by atoms with van der Waals surface area (Å²) in [5.41, 5.74) is 0. The summed E-state index contributed by atoms with van der Waals surface area (Å²) in [5.74, 6) is -5.76. The maximum atomic E-state index is 13.0. The van der Waals surface area contributed by atoms with Crippen molar-refractivity contribution in [2.45, 2.75) is 6.18 Å². The molecule has 0 aliphatic carbocycles. The molecule has 6 nitrogen and oxygen atoms in total. The molecule has 0 unspecified atom stereocenters.